The Morgan fingerprint density at radius 3 is 1.67 bits per heavy atom. The summed E-state index contributed by atoms with van der Waals surface area (Å²) in [6, 6.07) is 4.18. The molecule has 1 nitrogen and oxygen atoms in total. The molecule has 0 saturated heterocycles. The number of alkyl halides is 3. The van der Waals surface area contributed by atoms with Crippen molar-refractivity contribution in [2.45, 2.75) is 12.6 Å². The van der Waals surface area contributed by atoms with Gasteiger partial charge in [0.05, 0.1) is 5.56 Å². The molecule has 0 amide bonds. The average molecular weight is 175 g/mol. The molecule has 0 unspecified atom stereocenters. The van der Waals surface area contributed by atoms with E-state index < -0.39 is 11.7 Å². The van der Waals surface area contributed by atoms with Crippen LogP contribution in [0.25, 0.3) is 0 Å². The Kier molecular flexibility index (Phi) is 1.88. The van der Waals surface area contributed by atoms with E-state index in [-0.39, 0.29) is 6.15 Å². The quantitative estimate of drug-likeness (QED) is 0.656. The molecule has 2 aliphatic rings. The Labute approximate surface area is 67.8 Å². The maximum Gasteiger partial charge on any atom is 0.416 e. The highest BCUT2D eigenvalue weighted by Crippen LogP contribution is 2.34. The Balaban J connectivity index is 0.000000720. The van der Waals surface area contributed by atoms with E-state index in [2.05, 4.69) is 0 Å². The molecule has 0 radical (unpaired) electrons. The molecule has 3 rings (SSSR count). The first kappa shape index (κ1) is 9.06. The summed E-state index contributed by atoms with van der Waals surface area (Å²) in [5.41, 5.74) is 1.06. The van der Waals surface area contributed by atoms with Gasteiger partial charge in [0, 0.05) is 0 Å². The van der Waals surface area contributed by atoms with Crippen molar-refractivity contribution in [3.63, 3.8) is 0 Å². The van der Waals surface area contributed by atoms with Crippen LogP contribution in [-0.2, 0) is 12.6 Å². The van der Waals surface area contributed by atoms with Crippen molar-refractivity contribution in [2.75, 3.05) is 0 Å². The summed E-state index contributed by atoms with van der Waals surface area (Å²) in [5, 5.41) is 0. The van der Waals surface area contributed by atoms with Crippen LogP contribution in [0.2, 0.25) is 0 Å². The molecule has 0 spiro atoms. The minimum atomic E-state index is -4.18. The van der Waals surface area contributed by atoms with Gasteiger partial charge in [-0.3, -0.25) is 0 Å². The topological polar surface area (TPSA) is 35.0 Å². The molecule has 12 heavy (non-hydrogen) atoms. The number of rotatable bonds is 0. The molecular formula is C8H8F3N. The summed E-state index contributed by atoms with van der Waals surface area (Å²) in [6.45, 7) is 0. The fraction of sp³-hybridized carbons (Fsp3) is 0.250. The molecule has 0 atom stereocenters. The predicted molar refractivity (Wildman–Crippen MR) is 39.3 cm³/mol. The second-order valence-electron chi connectivity index (χ2n) is 2.71. The number of hydrogen-bond acceptors (Lipinski definition) is 1. The molecule has 0 aromatic heterocycles. The van der Waals surface area contributed by atoms with Gasteiger partial charge >= 0.3 is 6.18 Å². The van der Waals surface area contributed by atoms with E-state index in [4.69, 9.17) is 0 Å². The fourth-order valence-electron chi connectivity index (χ4n) is 1.23. The summed E-state index contributed by atoms with van der Waals surface area (Å²) in [4.78, 5) is 0. The van der Waals surface area contributed by atoms with E-state index in [1.807, 2.05) is 0 Å². The van der Waals surface area contributed by atoms with Crippen LogP contribution in [0.3, 0.4) is 0 Å². The van der Waals surface area contributed by atoms with E-state index in [1.165, 1.54) is 12.1 Å². The van der Waals surface area contributed by atoms with Gasteiger partial charge in [-0.1, -0.05) is 6.07 Å². The highest BCUT2D eigenvalue weighted by atomic mass is 19.4. The minimum absolute atomic E-state index is 0. The van der Waals surface area contributed by atoms with Crippen LogP contribution in [-0.4, -0.2) is 0 Å². The summed E-state index contributed by atoms with van der Waals surface area (Å²) >= 11 is 0. The first-order valence-electron chi connectivity index (χ1n) is 3.26. The van der Waals surface area contributed by atoms with Gasteiger partial charge in [-0.15, -0.1) is 0 Å². The highest BCUT2D eigenvalue weighted by molar-refractivity contribution is 5.42. The number of halogens is 3. The van der Waals surface area contributed by atoms with Crippen molar-refractivity contribution in [1.29, 1.82) is 0 Å². The number of fused-ring (bicyclic) bond motifs is 2. The van der Waals surface area contributed by atoms with E-state index in [0.717, 1.165) is 11.1 Å². The number of hydrogen-bond donors (Lipinski definition) is 1. The van der Waals surface area contributed by atoms with E-state index >= 15 is 0 Å². The first-order chi connectivity index (χ1) is 5.05. The van der Waals surface area contributed by atoms with Crippen LogP contribution in [0.1, 0.15) is 16.7 Å². The third-order valence-corrected chi connectivity index (χ3v) is 1.79. The number of benzene rings is 1. The Morgan fingerprint density at radius 2 is 1.42 bits per heavy atom. The van der Waals surface area contributed by atoms with E-state index in [9.17, 15) is 13.2 Å². The maximum atomic E-state index is 12.0. The van der Waals surface area contributed by atoms with Crippen LogP contribution < -0.4 is 6.15 Å². The maximum absolute atomic E-state index is 12.0. The van der Waals surface area contributed by atoms with Crippen LogP contribution in [0.15, 0.2) is 18.2 Å². The average Bonchev–Trinajstić information content (AvgIpc) is 1.84. The smallest absolute Gasteiger partial charge is 0.344 e. The summed E-state index contributed by atoms with van der Waals surface area (Å²) < 4.78 is 36.0. The molecule has 66 valence electrons. The van der Waals surface area contributed by atoms with Gasteiger partial charge in [0.15, 0.2) is 0 Å². The van der Waals surface area contributed by atoms with Gasteiger partial charge < -0.3 is 6.15 Å². The third kappa shape index (κ3) is 1.30. The molecule has 1 aromatic carbocycles. The Morgan fingerprint density at radius 1 is 1.00 bits per heavy atom. The molecule has 0 heterocycles. The predicted octanol–water partition coefficient (Wildman–Crippen LogP) is 2.77. The molecule has 2 bridgehead atoms. The molecule has 4 heteroatoms. The van der Waals surface area contributed by atoms with Crippen molar-refractivity contribution in [3.05, 3.63) is 34.9 Å². The second kappa shape index (κ2) is 2.48. The van der Waals surface area contributed by atoms with Crippen molar-refractivity contribution in [2.24, 2.45) is 0 Å². The zero-order chi connectivity index (χ0) is 8.06. The Bertz CT molecular complexity index is 283. The van der Waals surface area contributed by atoms with Gasteiger partial charge in [-0.25, -0.2) is 0 Å². The van der Waals surface area contributed by atoms with Gasteiger partial charge in [-0.2, -0.15) is 13.2 Å². The molecular weight excluding hydrogens is 167 g/mol. The minimum Gasteiger partial charge on any atom is -0.344 e. The van der Waals surface area contributed by atoms with Gasteiger partial charge in [0.2, 0.25) is 0 Å². The standard InChI is InChI=1S/C8H5F3.H3N/c9-8(10,11)7-3-5-1-6(2-5)4-7;/h1,3-4H,2H2;1H3. The van der Waals surface area contributed by atoms with Crippen molar-refractivity contribution in [1.82, 2.24) is 6.15 Å². The molecule has 0 aliphatic heterocycles. The highest BCUT2D eigenvalue weighted by Gasteiger charge is 2.32. The van der Waals surface area contributed by atoms with Crippen LogP contribution in [0.4, 0.5) is 13.2 Å². The fourth-order valence-corrected chi connectivity index (χ4v) is 1.23. The van der Waals surface area contributed by atoms with Gasteiger partial charge in [-0.05, 0) is 29.7 Å². The summed E-state index contributed by atoms with van der Waals surface area (Å²) in [6.07, 6.45) is -3.47. The van der Waals surface area contributed by atoms with Gasteiger partial charge in [0.25, 0.3) is 0 Å². The van der Waals surface area contributed by atoms with Crippen LogP contribution in [0, 0.1) is 0 Å². The lowest BCUT2D eigenvalue weighted by atomic mass is 9.90. The lowest BCUT2D eigenvalue weighted by Crippen LogP contribution is -2.11. The lowest BCUT2D eigenvalue weighted by molar-refractivity contribution is -0.137. The first-order valence-corrected chi connectivity index (χ1v) is 3.26. The van der Waals surface area contributed by atoms with Crippen molar-refractivity contribution < 1.29 is 13.2 Å². The second-order valence-corrected chi connectivity index (χ2v) is 2.71. The van der Waals surface area contributed by atoms with Crippen LogP contribution in [0.5, 0.6) is 0 Å². The van der Waals surface area contributed by atoms with Crippen LogP contribution >= 0.6 is 0 Å². The zero-order valence-electron chi connectivity index (χ0n) is 6.28. The van der Waals surface area contributed by atoms with E-state index in [1.54, 1.807) is 6.07 Å². The largest absolute Gasteiger partial charge is 0.416 e. The summed E-state index contributed by atoms with van der Waals surface area (Å²) in [7, 11) is 0. The molecule has 2 aliphatic carbocycles. The van der Waals surface area contributed by atoms with Gasteiger partial charge in [0.1, 0.15) is 0 Å². The molecule has 0 saturated carbocycles. The third-order valence-electron chi connectivity index (χ3n) is 1.79. The molecule has 0 fully saturated rings. The van der Waals surface area contributed by atoms with Crippen molar-refractivity contribution >= 4 is 0 Å². The van der Waals surface area contributed by atoms with E-state index in [0.29, 0.717) is 6.42 Å². The molecule has 1 aromatic rings. The SMILES string of the molecule is FC(F)(F)c1cc2cc(c1)C2.N. The molecule has 3 N–H and O–H groups in total. The monoisotopic (exact) mass is 175 g/mol. The Hall–Kier alpha value is -1.03. The van der Waals surface area contributed by atoms with Crippen molar-refractivity contribution in [3.8, 4) is 0 Å². The normalized spacial score (nSPS) is 13.2. The summed E-state index contributed by atoms with van der Waals surface area (Å²) in [5.74, 6) is 0. The lowest BCUT2D eigenvalue weighted by Gasteiger charge is -2.18. The zero-order valence-corrected chi connectivity index (χ0v) is 6.28.